The lowest BCUT2D eigenvalue weighted by Gasteiger charge is -2.37. The van der Waals surface area contributed by atoms with Crippen LogP contribution in [0.2, 0.25) is 10.0 Å². The first-order valence-corrected chi connectivity index (χ1v) is 17.6. The van der Waals surface area contributed by atoms with Crippen molar-refractivity contribution in [3.63, 3.8) is 0 Å². The number of hydrogen-bond acceptors (Lipinski definition) is 9. The van der Waals surface area contributed by atoms with Gasteiger partial charge >= 0.3 is 0 Å². The standard InChI is InChI=1S/C35H37Cl2N7O3S/c1-25(2)44-17-18-48-34(44)40-27-4-6-28(7-5-27)41-13-15-42(16-14-41)29-8-10-30(11-9-29)45-20-31-21-46-35(47-31,22-43-24-38-23-39-43)32-12-3-26(36)19-33(32)37/h3-12,17-19,23-25,31H,13-16,20-22H2,1-2H3/t31-,35-/m1/s1. The van der Waals surface area contributed by atoms with E-state index in [1.807, 2.05) is 18.2 Å². The van der Waals surface area contributed by atoms with Gasteiger partial charge in [0.25, 0.3) is 0 Å². The number of aromatic nitrogens is 4. The lowest BCUT2D eigenvalue weighted by atomic mass is 10.1. The van der Waals surface area contributed by atoms with Crippen LogP contribution in [0.4, 0.5) is 17.1 Å². The molecule has 0 bridgehead atoms. The summed E-state index contributed by atoms with van der Waals surface area (Å²) in [4.78, 5) is 14.8. The van der Waals surface area contributed by atoms with Crippen LogP contribution in [-0.4, -0.2) is 64.8 Å². The van der Waals surface area contributed by atoms with Gasteiger partial charge in [0.2, 0.25) is 5.79 Å². The van der Waals surface area contributed by atoms with Crippen LogP contribution in [-0.2, 0) is 21.8 Å². The number of halogens is 2. The molecule has 2 saturated heterocycles. The van der Waals surface area contributed by atoms with E-state index in [2.05, 4.69) is 86.3 Å². The molecule has 250 valence electrons. The summed E-state index contributed by atoms with van der Waals surface area (Å²) in [5.74, 6) is -0.376. The van der Waals surface area contributed by atoms with Gasteiger partial charge < -0.3 is 28.6 Å². The number of benzene rings is 3. The fourth-order valence-electron chi connectivity index (χ4n) is 6.05. The lowest BCUT2D eigenvalue weighted by molar-refractivity contribution is -0.190. The highest BCUT2D eigenvalue weighted by molar-refractivity contribution is 7.07. The van der Waals surface area contributed by atoms with Gasteiger partial charge in [-0.25, -0.2) is 14.7 Å². The Bertz CT molecular complexity index is 1870. The van der Waals surface area contributed by atoms with Gasteiger partial charge in [-0.15, -0.1) is 11.3 Å². The Morgan fingerprint density at radius 1 is 0.979 bits per heavy atom. The average Bonchev–Trinajstić information content (AvgIpc) is 3.87. The van der Waals surface area contributed by atoms with Crippen LogP contribution in [0.25, 0.3) is 0 Å². The van der Waals surface area contributed by atoms with Crippen LogP contribution in [0.3, 0.4) is 0 Å². The van der Waals surface area contributed by atoms with E-state index in [9.17, 15) is 0 Å². The minimum atomic E-state index is -1.15. The third kappa shape index (κ3) is 7.25. The molecule has 0 N–H and O–H groups in total. The first kappa shape index (κ1) is 32.7. The molecule has 3 aromatic carbocycles. The van der Waals surface area contributed by atoms with Crippen molar-refractivity contribution < 1.29 is 14.2 Å². The summed E-state index contributed by atoms with van der Waals surface area (Å²) >= 11 is 14.4. The SMILES string of the molecule is CC(C)n1ccsc1=Nc1ccc(N2CCN(c3ccc(OC[C@@H]4CO[C@@](Cn5cncn5)(c5ccc(Cl)cc5Cl)O4)cc3)CC2)cc1. The Morgan fingerprint density at radius 3 is 2.33 bits per heavy atom. The highest BCUT2D eigenvalue weighted by Crippen LogP contribution is 2.40. The predicted octanol–water partition coefficient (Wildman–Crippen LogP) is 6.94. The van der Waals surface area contributed by atoms with Crippen LogP contribution in [0.5, 0.6) is 5.75 Å². The fraction of sp³-hybridized carbons (Fsp3) is 0.343. The van der Waals surface area contributed by atoms with Crippen LogP contribution >= 0.6 is 34.5 Å². The summed E-state index contributed by atoms with van der Waals surface area (Å²) < 4.78 is 22.8. The molecular formula is C35H37Cl2N7O3S. The summed E-state index contributed by atoms with van der Waals surface area (Å²) in [5.41, 5.74) is 4.05. The molecule has 2 aromatic heterocycles. The molecule has 2 fully saturated rings. The zero-order chi connectivity index (χ0) is 33.1. The van der Waals surface area contributed by atoms with Crippen LogP contribution < -0.4 is 19.3 Å². The van der Waals surface area contributed by atoms with Crippen molar-refractivity contribution in [2.75, 3.05) is 49.2 Å². The first-order valence-electron chi connectivity index (χ1n) is 16.0. The van der Waals surface area contributed by atoms with Gasteiger partial charge in [-0.1, -0.05) is 29.3 Å². The molecule has 0 amide bonds. The molecule has 0 spiro atoms. The summed E-state index contributed by atoms with van der Waals surface area (Å²) in [6.07, 6.45) is 4.87. The zero-order valence-electron chi connectivity index (χ0n) is 26.8. The zero-order valence-corrected chi connectivity index (χ0v) is 29.1. The molecule has 13 heteroatoms. The van der Waals surface area contributed by atoms with E-state index in [1.165, 1.54) is 17.7 Å². The molecule has 0 radical (unpaired) electrons. The van der Waals surface area contributed by atoms with E-state index in [-0.39, 0.29) is 12.6 Å². The van der Waals surface area contributed by atoms with Crippen molar-refractivity contribution in [1.29, 1.82) is 0 Å². The molecule has 4 heterocycles. The highest BCUT2D eigenvalue weighted by Gasteiger charge is 2.45. The minimum Gasteiger partial charge on any atom is -0.491 e. The van der Waals surface area contributed by atoms with E-state index in [0.29, 0.717) is 34.9 Å². The number of nitrogens with zero attached hydrogens (tertiary/aromatic N) is 7. The smallest absolute Gasteiger partial charge is 0.217 e. The summed E-state index contributed by atoms with van der Waals surface area (Å²) in [6, 6.07) is 22.5. The molecular weight excluding hydrogens is 669 g/mol. The number of hydrogen-bond donors (Lipinski definition) is 0. The van der Waals surface area contributed by atoms with Gasteiger partial charge in [-0.05, 0) is 74.5 Å². The Labute approximate surface area is 293 Å². The molecule has 7 rings (SSSR count). The van der Waals surface area contributed by atoms with E-state index < -0.39 is 5.79 Å². The van der Waals surface area contributed by atoms with Crippen LogP contribution in [0.1, 0.15) is 25.5 Å². The molecule has 5 aromatic rings. The van der Waals surface area contributed by atoms with Gasteiger partial charge in [0.05, 0.1) is 17.3 Å². The first-order chi connectivity index (χ1) is 23.3. The second kappa shape index (κ2) is 14.3. The number of piperazine rings is 1. The van der Waals surface area contributed by atoms with Gasteiger partial charge in [-0.3, -0.25) is 0 Å². The van der Waals surface area contributed by atoms with Crippen molar-refractivity contribution in [1.82, 2.24) is 19.3 Å². The van der Waals surface area contributed by atoms with E-state index in [1.54, 1.807) is 34.5 Å². The quantitative estimate of drug-likeness (QED) is 0.156. The Balaban J connectivity index is 0.925. The van der Waals surface area contributed by atoms with E-state index in [4.69, 9.17) is 42.4 Å². The third-order valence-corrected chi connectivity index (χ3v) is 9.89. The van der Waals surface area contributed by atoms with Crippen molar-refractivity contribution in [2.45, 2.75) is 38.3 Å². The second-order valence-electron chi connectivity index (χ2n) is 12.1. The third-order valence-electron chi connectivity index (χ3n) is 8.57. The van der Waals surface area contributed by atoms with Gasteiger partial charge in [0, 0.05) is 65.8 Å². The monoisotopic (exact) mass is 705 g/mol. The van der Waals surface area contributed by atoms with Crippen molar-refractivity contribution in [2.24, 2.45) is 4.99 Å². The summed E-state index contributed by atoms with van der Waals surface area (Å²) in [6.45, 7) is 9.04. The van der Waals surface area contributed by atoms with Gasteiger partial charge in [-0.2, -0.15) is 5.10 Å². The topological polar surface area (TPSA) is 82.2 Å². The summed E-state index contributed by atoms with van der Waals surface area (Å²) in [5, 5.41) is 7.32. The molecule has 0 unspecified atom stereocenters. The maximum atomic E-state index is 6.59. The highest BCUT2D eigenvalue weighted by atomic mass is 35.5. The molecule has 10 nitrogen and oxygen atoms in total. The van der Waals surface area contributed by atoms with Gasteiger partial charge in [0.15, 0.2) is 4.80 Å². The van der Waals surface area contributed by atoms with E-state index >= 15 is 0 Å². The number of thiazole rings is 1. The van der Waals surface area contributed by atoms with E-state index in [0.717, 1.165) is 42.4 Å². The molecule has 2 aliphatic rings. The maximum absolute atomic E-state index is 6.59. The average molecular weight is 707 g/mol. The Kier molecular flexibility index (Phi) is 9.74. The molecule has 2 aliphatic heterocycles. The van der Waals surface area contributed by atoms with Crippen LogP contribution in [0, 0.1) is 0 Å². The molecule has 0 aliphatic carbocycles. The number of ether oxygens (including phenoxy) is 3. The van der Waals surface area contributed by atoms with Crippen molar-refractivity contribution in [3.05, 3.63) is 111 Å². The number of anilines is 2. The number of rotatable bonds is 10. The fourth-order valence-corrected chi connectivity index (χ4v) is 7.47. The van der Waals surface area contributed by atoms with Crippen molar-refractivity contribution in [3.8, 4) is 5.75 Å². The Morgan fingerprint density at radius 2 is 1.69 bits per heavy atom. The predicted molar refractivity (Wildman–Crippen MR) is 190 cm³/mol. The van der Waals surface area contributed by atoms with Gasteiger partial charge in [0.1, 0.15) is 37.7 Å². The Hall–Kier alpha value is -3.87. The normalized spacial score (nSPS) is 20.2. The minimum absolute atomic E-state index is 0.280. The summed E-state index contributed by atoms with van der Waals surface area (Å²) in [7, 11) is 0. The second-order valence-corrected chi connectivity index (χ2v) is 13.8. The van der Waals surface area contributed by atoms with Crippen molar-refractivity contribution >= 4 is 51.6 Å². The molecule has 2 atom stereocenters. The molecule has 0 saturated carbocycles. The lowest BCUT2D eigenvalue weighted by Crippen LogP contribution is -2.46. The molecule has 48 heavy (non-hydrogen) atoms. The van der Waals surface area contributed by atoms with Crippen LogP contribution in [0.15, 0.2) is 96.0 Å². The largest absolute Gasteiger partial charge is 0.491 e. The maximum Gasteiger partial charge on any atom is 0.217 e.